The summed E-state index contributed by atoms with van der Waals surface area (Å²) >= 11 is 12.4. The number of methoxy groups -OCH3 is 1. The van der Waals surface area contributed by atoms with Crippen molar-refractivity contribution in [2.45, 2.75) is 10.9 Å². The average molecular weight is 348 g/mol. The SMILES string of the molecule is COc1ccc(CN2C(=O)C(Cl)(Cl)C=Cc3ccccc32)cc1. The monoisotopic (exact) mass is 347 g/mol. The average Bonchev–Trinajstić information content (AvgIpc) is 2.66. The van der Waals surface area contributed by atoms with Crippen LogP contribution in [-0.2, 0) is 11.3 Å². The number of amides is 1. The van der Waals surface area contributed by atoms with Gasteiger partial charge in [0.2, 0.25) is 4.33 Å². The molecule has 0 unspecified atom stereocenters. The van der Waals surface area contributed by atoms with Crippen LogP contribution in [0.1, 0.15) is 11.1 Å². The Morgan fingerprint density at radius 2 is 1.78 bits per heavy atom. The van der Waals surface area contributed by atoms with E-state index in [1.165, 1.54) is 6.08 Å². The Morgan fingerprint density at radius 1 is 1.09 bits per heavy atom. The highest BCUT2D eigenvalue weighted by Gasteiger charge is 2.38. The molecule has 1 amide bonds. The molecule has 2 aromatic rings. The summed E-state index contributed by atoms with van der Waals surface area (Å²) in [7, 11) is 1.62. The van der Waals surface area contributed by atoms with Crippen LogP contribution >= 0.6 is 23.2 Å². The number of fused-ring (bicyclic) bond motifs is 1. The van der Waals surface area contributed by atoms with E-state index >= 15 is 0 Å². The number of anilines is 1. The molecule has 1 heterocycles. The zero-order chi connectivity index (χ0) is 16.4. The third-order valence-electron chi connectivity index (χ3n) is 3.73. The Labute approximate surface area is 145 Å². The zero-order valence-corrected chi connectivity index (χ0v) is 14.0. The van der Waals surface area contributed by atoms with Crippen molar-refractivity contribution in [2.75, 3.05) is 12.0 Å². The van der Waals surface area contributed by atoms with Crippen molar-refractivity contribution in [2.24, 2.45) is 0 Å². The lowest BCUT2D eigenvalue weighted by atomic mass is 10.1. The van der Waals surface area contributed by atoms with Crippen LogP contribution in [0, 0.1) is 0 Å². The zero-order valence-electron chi connectivity index (χ0n) is 12.5. The lowest BCUT2D eigenvalue weighted by Crippen LogP contribution is -2.40. The van der Waals surface area contributed by atoms with Crippen LogP contribution in [0.4, 0.5) is 5.69 Å². The van der Waals surface area contributed by atoms with Crippen molar-refractivity contribution in [3.8, 4) is 5.75 Å². The molecule has 0 aromatic heterocycles. The first kappa shape index (κ1) is 15.9. The van der Waals surface area contributed by atoms with E-state index in [1.54, 1.807) is 18.1 Å². The third kappa shape index (κ3) is 3.21. The molecule has 0 radical (unpaired) electrons. The summed E-state index contributed by atoms with van der Waals surface area (Å²) in [5, 5.41) is 0. The Morgan fingerprint density at radius 3 is 2.48 bits per heavy atom. The molecule has 3 rings (SSSR count). The maximum absolute atomic E-state index is 12.7. The number of benzene rings is 2. The minimum Gasteiger partial charge on any atom is -0.497 e. The first-order valence-corrected chi connectivity index (χ1v) is 7.88. The van der Waals surface area contributed by atoms with Crippen LogP contribution in [0.3, 0.4) is 0 Å². The molecule has 3 nitrogen and oxygen atoms in total. The number of alkyl halides is 2. The molecule has 23 heavy (non-hydrogen) atoms. The van der Waals surface area contributed by atoms with E-state index in [2.05, 4.69) is 0 Å². The molecular formula is C18H15Cl2NO2. The van der Waals surface area contributed by atoms with Gasteiger partial charge in [-0.3, -0.25) is 4.79 Å². The second-order valence-corrected chi connectivity index (χ2v) is 6.64. The fraction of sp³-hybridized carbons (Fsp3) is 0.167. The number of carbonyl (C=O) groups is 1. The Bertz CT molecular complexity index is 754. The molecule has 2 aromatic carbocycles. The van der Waals surface area contributed by atoms with Gasteiger partial charge in [-0.1, -0.05) is 59.6 Å². The van der Waals surface area contributed by atoms with Crippen LogP contribution in [0.2, 0.25) is 0 Å². The predicted octanol–water partition coefficient (Wildman–Crippen LogP) is 4.43. The van der Waals surface area contributed by atoms with Crippen molar-refractivity contribution in [1.29, 1.82) is 0 Å². The van der Waals surface area contributed by atoms with Gasteiger partial charge in [0.1, 0.15) is 5.75 Å². The fourth-order valence-electron chi connectivity index (χ4n) is 2.50. The van der Waals surface area contributed by atoms with Crippen LogP contribution in [0.25, 0.3) is 6.08 Å². The first-order chi connectivity index (χ1) is 11.0. The fourth-order valence-corrected chi connectivity index (χ4v) is 2.83. The number of hydrogen-bond acceptors (Lipinski definition) is 2. The van der Waals surface area contributed by atoms with E-state index in [4.69, 9.17) is 27.9 Å². The van der Waals surface area contributed by atoms with Crippen LogP contribution in [0.15, 0.2) is 54.6 Å². The minimum absolute atomic E-state index is 0.363. The topological polar surface area (TPSA) is 29.5 Å². The second-order valence-electron chi connectivity index (χ2n) is 5.25. The number of para-hydroxylation sites is 1. The summed E-state index contributed by atoms with van der Waals surface area (Å²) in [5.41, 5.74) is 2.64. The molecule has 1 aliphatic heterocycles. The summed E-state index contributed by atoms with van der Waals surface area (Å²) in [5.74, 6) is 0.403. The van der Waals surface area contributed by atoms with Crippen LogP contribution < -0.4 is 9.64 Å². The number of ether oxygens (including phenoxy) is 1. The highest BCUT2D eigenvalue weighted by Crippen LogP contribution is 2.36. The highest BCUT2D eigenvalue weighted by atomic mass is 35.5. The summed E-state index contributed by atoms with van der Waals surface area (Å²) < 4.78 is 3.58. The standard InChI is InChI=1S/C18H15Cl2NO2/c1-23-15-8-6-13(7-9-15)12-21-16-5-3-2-4-14(16)10-11-18(19,20)17(21)22/h2-11H,12H2,1H3. The first-order valence-electron chi connectivity index (χ1n) is 7.12. The van der Waals surface area contributed by atoms with Gasteiger partial charge >= 0.3 is 0 Å². The Kier molecular flexibility index (Phi) is 4.33. The number of hydrogen-bond donors (Lipinski definition) is 0. The molecule has 0 aliphatic carbocycles. The summed E-state index contributed by atoms with van der Waals surface area (Å²) in [6, 6.07) is 15.2. The van der Waals surface area contributed by atoms with E-state index in [0.29, 0.717) is 6.54 Å². The Hall–Kier alpha value is -1.97. The lowest BCUT2D eigenvalue weighted by Gasteiger charge is -2.27. The van der Waals surface area contributed by atoms with Crippen molar-refractivity contribution in [3.63, 3.8) is 0 Å². The number of halogens is 2. The molecule has 118 valence electrons. The molecule has 0 N–H and O–H groups in total. The lowest BCUT2D eigenvalue weighted by molar-refractivity contribution is -0.118. The molecule has 1 aliphatic rings. The van der Waals surface area contributed by atoms with Gasteiger partial charge in [0, 0.05) is 0 Å². The van der Waals surface area contributed by atoms with Gasteiger partial charge < -0.3 is 9.64 Å². The van der Waals surface area contributed by atoms with E-state index in [1.807, 2.05) is 48.5 Å². The van der Waals surface area contributed by atoms with Gasteiger partial charge in [-0.25, -0.2) is 0 Å². The summed E-state index contributed by atoms with van der Waals surface area (Å²) in [4.78, 5) is 14.4. The molecule has 0 fully saturated rings. The van der Waals surface area contributed by atoms with Crippen LogP contribution in [0.5, 0.6) is 5.75 Å². The molecule has 0 atom stereocenters. The number of nitrogens with zero attached hydrogens (tertiary/aromatic N) is 1. The maximum atomic E-state index is 12.7. The van der Waals surface area contributed by atoms with E-state index in [-0.39, 0.29) is 5.91 Å². The highest BCUT2D eigenvalue weighted by molar-refractivity contribution is 6.61. The van der Waals surface area contributed by atoms with E-state index in [0.717, 1.165) is 22.6 Å². The molecule has 0 saturated carbocycles. The quantitative estimate of drug-likeness (QED) is 0.768. The molecule has 0 bridgehead atoms. The van der Waals surface area contributed by atoms with Gasteiger partial charge in [-0.15, -0.1) is 0 Å². The van der Waals surface area contributed by atoms with Crippen molar-refractivity contribution >= 4 is 40.9 Å². The van der Waals surface area contributed by atoms with Gasteiger partial charge in [-0.2, -0.15) is 0 Å². The van der Waals surface area contributed by atoms with E-state index in [9.17, 15) is 4.79 Å². The smallest absolute Gasteiger partial charge is 0.267 e. The van der Waals surface area contributed by atoms with Crippen molar-refractivity contribution in [1.82, 2.24) is 0 Å². The van der Waals surface area contributed by atoms with Crippen molar-refractivity contribution in [3.05, 3.63) is 65.7 Å². The van der Waals surface area contributed by atoms with Gasteiger partial charge in [-0.05, 0) is 35.4 Å². The largest absolute Gasteiger partial charge is 0.497 e. The second kappa shape index (κ2) is 6.26. The van der Waals surface area contributed by atoms with E-state index < -0.39 is 4.33 Å². The molecular weight excluding hydrogens is 333 g/mol. The Balaban J connectivity index is 1.99. The molecule has 0 saturated heterocycles. The molecule has 0 spiro atoms. The van der Waals surface area contributed by atoms with Gasteiger partial charge in [0.25, 0.3) is 5.91 Å². The van der Waals surface area contributed by atoms with Gasteiger partial charge in [0.05, 0.1) is 19.3 Å². The van der Waals surface area contributed by atoms with Gasteiger partial charge in [0.15, 0.2) is 0 Å². The summed E-state index contributed by atoms with van der Waals surface area (Å²) in [6.07, 6.45) is 3.30. The normalized spacial score (nSPS) is 16.0. The predicted molar refractivity (Wildman–Crippen MR) is 94.1 cm³/mol. The minimum atomic E-state index is -1.58. The summed E-state index contributed by atoms with van der Waals surface area (Å²) in [6.45, 7) is 0.378. The van der Waals surface area contributed by atoms with Crippen molar-refractivity contribution < 1.29 is 9.53 Å². The van der Waals surface area contributed by atoms with Crippen LogP contribution in [-0.4, -0.2) is 17.4 Å². The maximum Gasteiger partial charge on any atom is 0.267 e. The third-order valence-corrected chi connectivity index (χ3v) is 4.31. The number of rotatable bonds is 3. The number of carbonyl (C=O) groups excluding carboxylic acids is 1. The molecule has 5 heteroatoms.